The van der Waals surface area contributed by atoms with Crippen molar-refractivity contribution in [3.8, 4) is 0 Å². The molecule has 1 aliphatic carbocycles. The van der Waals surface area contributed by atoms with Gasteiger partial charge in [0.2, 0.25) is 0 Å². The second-order valence-corrected chi connectivity index (χ2v) is 15.6. The molecule has 1 amide bonds. The summed E-state index contributed by atoms with van der Waals surface area (Å²) in [6.45, 7) is 9.32. The van der Waals surface area contributed by atoms with Crippen LogP contribution in [0.25, 0.3) is 15.7 Å². The van der Waals surface area contributed by atoms with Crippen molar-refractivity contribution in [1.82, 2.24) is 4.90 Å². The van der Waals surface area contributed by atoms with Gasteiger partial charge in [-0.05, 0) is 107 Å². The molecule has 0 unspecified atom stereocenters. The molecule has 0 atom stereocenters. The number of primary amides is 1. The maximum Gasteiger partial charge on any atom is 0.358 e. The number of nitrogens with zero attached hydrogens (tertiary/aromatic N) is 2. The van der Waals surface area contributed by atoms with Gasteiger partial charge >= 0.3 is 15.9 Å². The lowest BCUT2D eigenvalue weighted by Gasteiger charge is -2.39. The number of hydrogen-bond acceptors (Lipinski definition) is 6. The summed E-state index contributed by atoms with van der Waals surface area (Å²) in [5, 5.41) is 3.66. The Hall–Kier alpha value is -3.01. The summed E-state index contributed by atoms with van der Waals surface area (Å²) in [6.07, 6.45) is 3.39. The number of benzene rings is 3. The van der Waals surface area contributed by atoms with Gasteiger partial charge in [-0.1, -0.05) is 43.2 Å². The van der Waals surface area contributed by atoms with Crippen LogP contribution in [-0.4, -0.2) is 51.9 Å². The van der Waals surface area contributed by atoms with E-state index in [4.69, 9.17) is 11.6 Å². The first-order valence-corrected chi connectivity index (χ1v) is 17.5. The van der Waals surface area contributed by atoms with Crippen LogP contribution in [0.1, 0.15) is 49.0 Å². The first-order valence-electron chi connectivity index (χ1n) is 14.7. The van der Waals surface area contributed by atoms with E-state index in [1.54, 1.807) is 35.6 Å². The quantitative estimate of drug-likeness (QED) is 0.254. The number of rotatable bonds is 7. The fourth-order valence-electron chi connectivity index (χ4n) is 6.14. The summed E-state index contributed by atoms with van der Waals surface area (Å²) >= 11 is 7.76. The van der Waals surface area contributed by atoms with E-state index in [9.17, 15) is 13.2 Å². The third kappa shape index (κ3) is 6.89. The zero-order valence-electron chi connectivity index (χ0n) is 24.6. The van der Waals surface area contributed by atoms with Crippen molar-refractivity contribution in [1.29, 1.82) is 0 Å². The van der Waals surface area contributed by atoms with E-state index in [0.717, 1.165) is 71.1 Å². The first-order chi connectivity index (χ1) is 20.6. The van der Waals surface area contributed by atoms with Gasteiger partial charge in [-0.15, -0.1) is 11.3 Å². The molecule has 1 aromatic heterocycles. The highest BCUT2D eigenvalue weighted by atomic mass is 35.5. The highest BCUT2D eigenvalue weighted by Crippen LogP contribution is 2.43. The van der Waals surface area contributed by atoms with E-state index >= 15 is 0 Å². The molecule has 0 radical (unpaired) electrons. The molecule has 9 heteroatoms. The predicted octanol–water partition coefficient (Wildman–Crippen LogP) is 6.43. The van der Waals surface area contributed by atoms with Crippen LogP contribution in [0.15, 0.2) is 88.6 Å². The molecular weight excluding hydrogens is 598 g/mol. The number of sulfonamides is 1. The third-order valence-electron chi connectivity index (χ3n) is 8.69. The van der Waals surface area contributed by atoms with Crippen molar-refractivity contribution in [2.45, 2.75) is 38.0 Å². The van der Waals surface area contributed by atoms with Gasteiger partial charge in [0.05, 0.1) is 5.56 Å². The van der Waals surface area contributed by atoms with E-state index in [-0.39, 0.29) is 4.90 Å². The monoisotopic (exact) mass is 634 g/mol. The molecule has 6 rings (SSSR count). The Bertz CT molecular complexity index is 1770. The van der Waals surface area contributed by atoms with Crippen LogP contribution in [0.2, 0.25) is 5.02 Å². The number of hydrogen-bond donors (Lipinski definition) is 1. The van der Waals surface area contributed by atoms with Crippen LogP contribution in [0, 0.1) is 5.41 Å². The SMILES string of the molecule is CC1(C)CCC(CN2CCN(c3ccc(S(=O)(=O)[NH2+]C(=O)c4ccc5sccc5c4)cc3)CC2)=C(c2ccc(Cl)cc2)C1. The van der Waals surface area contributed by atoms with Gasteiger partial charge in [0.25, 0.3) is 0 Å². The van der Waals surface area contributed by atoms with Crippen LogP contribution in [-0.2, 0) is 10.0 Å². The van der Waals surface area contributed by atoms with E-state index in [0.29, 0.717) is 11.0 Å². The highest BCUT2D eigenvalue weighted by Gasteiger charge is 2.30. The number of primary sulfonamides is 1. The molecule has 2 N–H and O–H groups in total. The second kappa shape index (κ2) is 12.2. The van der Waals surface area contributed by atoms with Gasteiger partial charge in [-0.2, -0.15) is 13.1 Å². The summed E-state index contributed by atoms with van der Waals surface area (Å²) in [5.74, 6) is -0.510. The maximum atomic E-state index is 13.0. The topological polar surface area (TPSA) is 74.3 Å². The van der Waals surface area contributed by atoms with Gasteiger partial charge in [0.1, 0.15) is 4.90 Å². The zero-order valence-corrected chi connectivity index (χ0v) is 26.9. The Balaban J connectivity index is 1.08. The normalized spacial score (nSPS) is 17.9. The maximum absolute atomic E-state index is 13.0. The van der Waals surface area contributed by atoms with Crippen LogP contribution >= 0.6 is 22.9 Å². The third-order valence-corrected chi connectivity index (χ3v) is 11.3. The lowest BCUT2D eigenvalue weighted by atomic mass is 9.72. The standard InChI is InChI=1S/C34H36ClN3O3S2/c1-34(2)15-13-27(31(22-34)24-3-6-28(35)7-4-24)23-37-16-18-38(19-17-37)29-8-10-30(11-9-29)43(40,41)36-33(39)26-5-12-32-25(21-26)14-20-42-32/h3-12,14,20-21H,13,15-19,22-23H2,1-2H3,(H,36,39)/p+1. The van der Waals surface area contributed by atoms with Crippen LogP contribution in [0.5, 0.6) is 0 Å². The fraction of sp³-hybridized carbons (Fsp3) is 0.324. The first kappa shape index (κ1) is 30.0. The van der Waals surface area contributed by atoms with Gasteiger partial charge in [0.15, 0.2) is 0 Å². The molecule has 4 aromatic rings. The number of carbonyl (C=O) groups is 1. The van der Waals surface area contributed by atoms with Crippen molar-refractivity contribution >= 4 is 60.2 Å². The predicted molar refractivity (Wildman–Crippen MR) is 176 cm³/mol. The Kier molecular flexibility index (Phi) is 8.50. The molecular formula is C34H37ClN3O3S2+. The number of thiophene rings is 1. The number of piperazine rings is 1. The highest BCUT2D eigenvalue weighted by molar-refractivity contribution is 7.85. The summed E-state index contributed by atoms with van der Waals surface area (Å²) < 4.78 is 28.0. The van der Waals surface area contributed by atoms with E-state index in [1.165, 1.54) is 23.1 Å². The second-order valence-electron chi connectivity index (χ2n) is 12.4. The molecule has 2 heterocycles. The summed E-state index contributed by atoms with van der Waals surface area (Å²) in [6, 6.07) is 22.4. The number of carbonyl (C=O) groups excluding carboxylic acids is 1. The van der Waals surface area contributed by atoms with Crippen molar-refractivity contribution in [2.75, 3.05) is 37.6 Å². The summed E-state index contributed by atoms with van der Waals surface area (Å²) in [7, 11) is -3.87. The number of quaternary nitrogens is 1. The van der Waals surface area contributed by atoms with Gasteiger partial charge in [-0.25, -0.2) is 4.79 Å². The van der Waals surface area contributed by atoms with Crippen molar-refractivity contribution in [2.24, 2.45) is 5.41 Å². The number of fused-ring (bicyclic) bond motifs is 1. The van der Waals surface area contributed by atoms with E-state index in [2.05, 4.69) is 35.8 Å². The van der Waals surface area contributed by atoms with Gasteiger partial charge < -0.3 is 4.90 Å². The Morgan fingerprint density at radius 3 is 2.40 bits per heavy atom. The van der Waals surface area contributed by atoms with Crippen LogP contribution in [0.4, 0.5) is 5.69 Å². The molecule has 1 aliphatic heterocycles. The van der Waals surface area contributed by atoms with Crippen LogP contribution in [0.3, 0.4) is 0 Å². The molecule has 3 aromatic carbocycles. The van der Waals surface area contributed by atoms with Gasteiger partial charge in [-0.3, -0.25) is 4.90 Å². The minimum Gasteiger partial charge on any atom is -0.369 e. The lowest BCUT2D eigenvalue weighted by molar-refractivity contribution is -0.386. The average Bonchev–Trinajstić information content (AvgIpc) is 3.47. The summed E-state index contributed by atoms with van der Waals surface area (Å²) in [4.78, 5) is 17.7. The molecule has 0 bridgehead atoms. The number of amides is 1. The fourth-order valence-corrected chi connectivity index (χ4v) is 8.11. The molecule has 1 fully saturated rings. The lowest BCUT2D eigenvalue weighted by Crippen LogP contribution is -2.90. The number of halogens is 1. The van der Waals surface area contributed by atoms with Crippen molar-refractivity contribution in [3.63, 3.8) is 0 Å². The molecule has 0 spiro atoms. The molecule has 224 valence electrons. The number of nitrogens with two attached hydrogens (primary N) is 1. The molecule has 6 nitrogen and oxygen atoms in total. The largest absolute Gasteiger partial charge is 0.369 e. The molecule has 43 heavy (non-hydrogen) atoms. The number of anilines is 1. The molecule has 2 aliphatic rings. The Morgan fingerprint density at radius 2 is 1.67 bits per heavy atom. The Morgan fingerprint density at radius 1 is 0.953 bits per heavy atom. The van der Waals surface area contributed by atoms with Crippen molar-refractivity contribution < 1.29 is 17.9 Å². The average molecular weight is 635 g/mol. The zero-order chi connectivity index (χ0) is 30.2. The van der Waals surface area contributed by atoms with E-state index < -0.39 is 15.9 Å². The summed E-state index contributed by atoms with van der Waals surface area (Å²) in [5.41, 5.74) is 5.94. The van der Waals surface area contributed by atoms with E-state index in [1.807, 2.05) is 41.8 Å². The number of allylic oxidation sites excluding steroid dienone is 1. The smallest absolute Gasteiger partial charge is 0.358 e. The minimum atomic E-state index is -3.87. The molecule has 0 saturated carbocycles. The molecule has 1 saturated heterocycles. The van der Waals surface area contributed by atoms with Crippen LogP contribution < -0.4 is 9.62 Å². The van der Waals surface area contributed by atoms with Crippen molar-refractivity contribution in [3.05, 3.63) is 99.9 Å². The minimum absolute atomic E-state index is 0.127. The Labute approximate surface area is 263 Å². The van der Waals surface area contributed by atoms with Gasteiger partial charge in [0, 0.05) is 48.1 Å².